The van der Waals surface area contributed by atoms with E-state index in [1.165, 1.54) is 9.75 Å². The number of hydrogen-bond donors (Lipinski definition) is 0. The molecule has 1 fully saturated rings. The van der Waals surface area contributed by atoms with Gasteiger partial charge in [-0.25, -0.2) is 8.42 Å². The van der Waals surface area contributed by atoms with Gasteiger partial charge >= 0.3 is 0 Å². The van der Waals surface area contributed by atoms with Crippen molar-refractivity contribution < 1.29 is 13.2 Å². The second kappa shape index (κ2) is 7.69. The second-order valence-electron chi connectivity index (χ2n) is 5.35. The smallest absolute Gasteiger partial charge is 0.214 e. The number of hydrogen-bond acceptors (Lipinski definition) is 5. The maximum atomic E-state index is 12.2. The van der Waals surface area contributed by atoms with Gasteiger partial charge in [0.15, 0.2) is 0 Å². The molecular formula is C14H24N2O3S2. The molecule has 1 aliphatic rings. The maximum absolute atomic E-state index is 12.2. The van der Waals surface area contributed by atoms with Crippen LogP contribution in [-0.4, -0.2) is 63.3 Å². The Morgan fingerprint density at radius 2 is 1.95 bits per heavy atom. The summed E-state index contributed by atoms with van der Waals surface area (Å²) in [6.45, 7) is 6.34. The quantitative estimate of drug-likeness (QED) is 0.711. The fraction of sp³-hybridized carbons (Fsp3) is 0.714. The Bertz CT molecular complexity index is 534. The van der Waals surface area contributed by atoms with Gasteiger partial charge in [0, 0.05) is 56.2 Å². The number of methoxy groups -OCH3 is 1. The first-order valence-electron chi connectivity index (χ1n) is 7.26. The van der Waals surface area contributed by atoms with Crippen molar-refractivity contribution in [2.24, 2.45) is 0 Å². The molecule has 0 atom stereocenters. The summed E-state index contributed by atoms with van der Waals surface area (Å²) >= 11 is 1.81. The average Bonchev–Trinajstić information content (AvgIpc) is 2.85. The molecule has 2 heterocycles. The molecule has 1 aromatic rings. The summed E-state index contributed by atoms with van der Waals surface area (Å²) in [6, 6.07) is 4.30. The van der Waals surface area contributed by atoms with Gasteiger partial charge in [0.2, 0.25) is 10.0 Å². The van der Waals surface area contributed by atoms with Crippen LogP contribution < -0.4 is 0 Å². The summed E-state index contributed by atoms with van der Waals surface area (Å²) < 4.78 is 30.9. The molecule has 0 aromatic carbocycles. The minimum Gasteiger partial charge on any atom is -0.385 e. The highest BCUT2D eigenvalue weighted by molar-refractivity contribution is 7.89. The maximum Gasteiger partial charge on any atom is 0.214 e. The standard InChI is InChI=1S/C14H24N2O3S2/c1-13-4-5-14(20-13)12-15-6-8-16(9-7-15)21(17,18)11-3-10-19-2/h4-5H,3,6-12H2,1-2H3. The summed E-state index contributed by atoms with van der Waals surface area (Å²) in [7, 11) is -1.52. The van der Waals surface area contributed by atoms with Gasteiger partial charge in [-0.1, -0.05) is 0 Å². The van der Waals surface area contributed by atoms with E-state index in [0.717, 1.165) is 19.6 Å². The number of aryl methyl sites for hydroxylation is 1. The summed E-state index contributed by atoms with van der Waals surface area (Å²) in [5.41, 5.74) is 0. The summed E-state index contributed by atoms with van der Waals surface area (Å²) in [4.78, 5) is 5.00. The van der Waals surface area contributed by atoms with Crippen molar-refractivity contribution in [3.63, 3.8) is 0 Å². The van der Waals surface area contributed by atoms with E-state index in [9.17, 15) is 8.42 Å². The third kappa shape index (κ3) is 5.03. The Balaban J connectivity index is 1.79. The van der Waals surface area contributed by atoms with Gasteiger partial charge < -0.3 is 4.74 Å². The SMILES string of the molecule is COCCCS(=O)(=O)N1CCN(Cc2ccc(C)s2)CC1. The van der Waals surface area contributed by atoms with E-state index in [2.05, 4.69) is 24.0 Å². The van der Waals surface area contributed by atoms with E-state index in [1.807, 2.05) is 11.3 Å². The monoisotopic (exact) mass is 332 g/mol. The fourth-order valence-electron chi connectivity index (χ4n) is 2.47. The number of ether oxygens (including phenoxy) is 1. The van der Waals surface area contributed by atoms with Crippen LogP contribution in [0.1, 0.15) is 16.2 Å². The third-order valence-electron chi connectivity index (χ3n) is 3.65. The molecule has 0 aliphatic carbocycles. The number of nitrogens with zero attached hydrogens (tertiary/aromatic N) is 2. The summed E-state index contributed by atoms with van der Waals surface area (Å²) in [5, 5.41) is 0. The van der Waals surface area contributed by atoms with Crippen molar-refractivity contribution in [2.75, 3.05) is 45.6 Å². The van der Waals surface area contributed by atoms with E-state index in [-0.39, 0.29) is 5.75 Å². The van der Waals surface area contributed by atoms with Gasteiger partial charge in [0.05, 0.1) is 5.75 Å². The molecule has 1 saturated heterocycles. The number of piperazine rings is 1. The van der Waals surface area contributed by atoms with E-state index in [1.54, 1.807) is 11.4 Å². The van der Waals surface area contributed by atoms with Gasteiger partial charge in [0.1, 0.15) is 0 Å². The van der Waals surface area contributed by atoms with E-state index < -0.39 is 10.0 Å². The lowest BCUT2D eigenvalue weighted by Gasteiger charge is -2.33. The van der Waals surface area contributed by atoms with Crippen molar-refractivity contribution in [1.29, 1.82) is 0 Å². The number of rotatable bonds is 7. The molecule has 7 heteroatoms. The van der Waals surface area contributed by atoms with E-state index in [4.69, 9.17) is 4.74 Å². The zero-order valence-corrected chi connectivity index (χ0v) is 14.4. The van der Waals surface area contributed by atoms with Gasteiger partial charge in [0.25, 0.3) is 0 Å². The van der Waals surface area contributed by atoms with Gasteiger partial charge in [-0.3, -0.25) is 4.90 Å². The topological polar surface area (TPSA) is 49.9 Å². The molecule has 120 valence electrons. The predicted octanol–water partition coefficient (Wildman–Crippen LogP) is 1.54. The Kier molecular flexibility index (Phi) is 6.19. The molecular weight excluding hydrogens is 308 g/mol. The molecule has 0 radical (unpaired) electrons. The zero-order valence-electron chi connectivity index (χ0n) is 12.7. The largest absolute Gasteiger partial charge is 0.385 e. The molecule has 0 N–H and O–H groups in total. The lowest BCUT2D eigenvalue weighted by atomic mass is 10.3. The molecule has 21 heavy (non-hydrogen) atoms. The van der Waals surface area contributed by atoms with Crippen LogP contribution in [0.5, 0.6) is 0 Å². The lowest BCUT2D eigenvalue weighted by molar-refractivity contribution is 0.181. The van der Waals surface area contributed by atoms with Crippen LogP contribution in [-0.2, 0) is 21.3 Å². The number of thiophene rings is 1. The van der Waals surface area contributed by atoms with Crippen molar-refractivity contribution in [3.8, 4) is 0 Å². The van der Waals surface area contributed by atoms with Crippen LogP contribution in [0.2, 0.25) is 0 Å². The highest BCUT2D eigenvalue weighted by atomic mass is 32.2. The van der Waals surface area contributed by atoms with Crippen LogP contribution in [0.15, 0.2) is 12.1 Å². The van der Waals surface area contributed by atoms with Crippen LogP contribution in [0.4, 0.5) is 0 Å². The molecule has 0 bridgehead atoms. The molecule has 1 aromatic heterocycles. The Labute approximate surface area is 131 Å². The molecule has 0 saturated carbocycles. The molecule has 2 rings (SSSR count). The Morgan fingerprint density at radius 3 is 2.52 bits per heavy atom. The van der Waals surface area contributed by atoms with E-state index >= 15 is 0 Å². The zero-order chi connectivity index (χ0) is 15.3. The number of sulfonamides is 1. The second-order valence-corrected chi connectivity index (χ2v) is 8.81. The molecule has 1 aliphatic heterocycles. The molecule has 0 unspecified atom stereocenters. The fourth-order valence-corrected chi connectivity index (χ4v) is 4.86. The van der Waals surface area contributed by atoms with Crippen molar-refractivity contribution in [1.82, 2.24) is 9.21 Å². The Hall–Kier alpha value is -0.470. The summed E-state index contributed by atoms with van der Waals surface area (Å²) in [5.74, 6) is 0.185. The highest BCUT2D eigenvalue weighted by Gasteiger charge is 2.26. The first kappa shape index (κ1) is 16.9. The van der Waals surface area contributed by atoms with Crippen LogP contribution in [0.3, 0.4) is 0 Å². The van der Waals surface area contributed by atoms with Crippen LogP contribution >= 0.6 is 11.3 Å². The van der Waals surface area contributed by atoms with Crippen LogP contribution in [0.25, 0.3) is 0 Å². The van der Waals surface area contributed by atoms with Gasteiger partial charge in [-0.05, 0) is 25.5 Å². The van der Waals surface area contributed by atoms with Crippen molar-refractivity contribution in [3.05, 3.63) is 21.9 Å². The highest BCUT2D eigenvalue weighted by Crippen LogP contribution is 2.18. The minimum atomic E-state index is -3.12. The first-order valence-corrected chi connectivity index (χ1v) is 9.68. The van der Waals surface area contributed by atoms with Crippen molar-refractivity contribution in [2.45, 2.75) is 19.9 Å². The third-order valence-corrected chi connectivity index (χ3v) is 6.59. The van der Waals surface area contributed by atoms with Crippen LogP contribution in [0, 0.1) is 6.92 Å². The molecule has 0 spiro atoms. The molecule has 5 nitrogen and oxygen atoms in total. The normalized spacial score (nSPS) is 18.2. The van der Waals surface area contributed by atoms with Gasteiger partial charge in [-0.15, -0.1) is 11.3 Å². The Morgan fingerprint density at radius 1 is 1.24 bits per heavy atom. The molecule has 0 amide bonds. The average molecular weight is 332 g/mol. The predicted molar refractivity (Wildman–Crippen MR) is 86.2 cm³/mol. The van der Waals surface area contributed by atoms with Crippen molar-refractivity contribution >= 4 is 21.4 Å². The van der Waals surface area contributed by atoms with Gasteiger partial charge in [-0.2, -0.15) is 4.31 Å². The summed E-state index contributed by atoms with van der Waals surface area (Å²) in [6.07, 6.45) is 0.563. The van der Waals surface area contributed by atoms with E-state index in [0.29, 0.717) is 26.1 Å². The minimum absolute atomic E-state index is 0.185. The first-order chi connectivity index (χ1) is 10.0. The lowest BCUT2D eigenvalue weighted by Crippen LogP contribution is -2.48.